The van der Waals surface area contributed by atoms with Gasteiger partial charge in [0, 0.05) is 13.6 Å². The van der Waals surface area contributed by atoms with E-state index < -0.39 is 23.2 Å². The normalized spacial score (nSPS) is 13.9. The number of alkyl halides is 3. The SMILES string of the molecule is CCNC(=NCC(C)(C)C(=O)NC)NC(C)c1cccc(C(F)(F)F)c1. The van der Waals surface area contributed by atoms with E-state index in [9.17, 15) is 18.0 Å². The van der Waals surface area contributed by atoms with Crippen LogP contribution in [0.25, 0.3) is 0 Å². The average molecular weight is 372 g/mol. The Hall–Kier alpha value is -2.25. The number of halogens is 3. The fraction of sp³-hybridized carbons (Fsp3) is 0.556. The Morgan fingerprint density at radius 2 is 1.92 bits per heavy atom. The van der Waals surface area contributed by atoms with Gasteiger partial charge >= 0.3 is 6.18 Å². The average Bonchev–Trinajstić information content (AvgIpc) is 2.58. The summed E-state index contributed by atoms with van der Waals surface area (Å²) in [5, 5.41) is 8.72. The van der Waals surface area contributed by atoms with E-state index in [1.807, 2.05) is 6.92 Å². The zero-order valence-corrected chi connectivity index (χ0v) is 15.8. The number of nitrogens with one attached hydrogen (secondary N) is 3. The van der Waals surface area contributed by atoms with Crippen LogP contribution in [0.15, 0.2) is 29.3 Å². The van der Waals surface area contributed by atoms with Crippen LogP contribution in [-0.2, 0) is 11.0 Å². The lowest BCUT2D eigenvalue weighted by atomic mass is 9.93. The van der Waals surface area contributed by atoms with Gasteiger partial charge in [0.2, 0.25) is 5.91 Å². The summed E-state index contributed by atoms with van der Waals surface area (Å²) < 4.78 is 38.6. The fourth-order valence-corrected chi connectivity index (χ4v) is 2.28. The molecule has 1 rings (SSSR count). The van der Waals surface area contributed by atoms with Gasteiger partial charge in [-0.15, -0.1) is 0 Å². The highest BCUT2D eigenvalue weighted by Gasteiger charge is 2.31. The predicted molar refractivity (Wildman–Crippen MR) is 96.8 cm³/mol. The number of aliphatic imine (C=N–C) groups is 1. The van der Waals surface area contributed by atoms with Gasteiger partial charge in [-0.25, -0.2) is 0 Å². The third-order valence-corrected chi connectivity index (χ3v) is 3.89. The first kappa shape index (κ1) is 21.8. The summed E-state index contributed by atoms with van der Waals surface area (Å²) in [6.07, 6.45) is -4.38. The molecular formula is C18H27F3N4O. The van der Waals surface area contributed by atoms with Crippen LogP contribution < -0.4 is 16.0 Å². The van der Waals surface area contributed by atoms with Gasteiger partial charge < -0.3 is 16.0 Å². The van der Waals surface area contributed by atoms with Crippen LogP contribution in [0.5, 0.6) is 0 Å². The second kappa shape index (κ2) is 8.91. The van der Waals surface area contributed by atoms with Crippen molar-refractivity contribution in [3.63, 3.8) is 0 Å². The van der Waals surface area contributed by atoms with Crippen LogP contribution >= 0.6 is 0 Å². The van der Waals surface area contributed by atoms with Crippen LogP contribution in [-0.4, -0.2) is 32.0 Å². The predicted octanol–water partition coefficient (Wildman–Crippen LogP) is 3.09. The fourth-order valence-electron chi connectivity index (χ4n) is 2.28. The molecule has 3 N–H and O–H groups in total. The zero-order valence-electron chi connectivity index (χ0n) is 15.8. The van der Waals surface area contributed by atoms with Gasteiger partial charge in [0.15, 0.2) is 5.96 Å². The van der Waals surface area contributed by atoms with Crippen LogP contribution in [0.2, 0.25) is 0 Å². The van der Waals surface area contributed by atoms with Crippen LogP contribution in [0.1, 0.15) is 44.9 Å². The van der Waals surface area contributed by atoms with E-state index in [4.69, 9.17) is 0 Å². The minimum Gasteiger partial charge on any atom is -0.359 e. The lowest BCUT2D eigenvalue weighted by molar-refractivity contribution is -0.137. The molecule has 5 nitrogen and oxygen atoms in total. The number of nitrogens with zero attached hydrogens (tertiary/aromatic N) is 1. The maximum atomic E-state index is 12.9. The third-order valence-electron chi connectivity index (χ3n) is 3.89. The summed E-state index contributed by atoms with van der Waals surface area (Å²) in [6, 6.07) is 4.79. The van der Waals surface area contributed by atoms with Gasteiger partial charge in [0.25, 0.3) is 0 Å². The number of benzene rings is 1. The van der Waals surface area contributed by atoms with Crippen molar-refractivity contribution < 1.29 is 18.0 Å². The van der Waals surface area contributed by atoms with E-state index in [1.165, 1.54) is 6.07 Å². The van der Waals surface area contributed by atoms with Crippen LogP contribution in [0.4, 0.5) is 13.2 Å². The molecular weight excluding hydrogens is 345 g/mol. The molecule has 146 valence electrons. The zero-order chi connectivity index (χ0) is 20.0. The van der Waals surface area contributed by atoms with E-state index in [2.05, 4.69) is 20.9 Å². The van der Waals surface area contributed by atoms with Crippen molar-refractivity contribution in [1.29, 1.82) is 0 Å². The number of carbonyl (C=O) groups is 1. The first-order chi connectivity index (χ1) is 12.0. The van der Waals surface area contributed by atoms with Crippen molar-refractivity contribution in [2.24, 2.45) is 10.4 Å². The highest BCUT2D eigenvalue weighted by atomic mass is 19.4. The Morgan fingerprint density at radius 3 is 2.46 bits per heavy atom. The number of guanidine groups is 1. The Kier molecular flexibility index (Phi) is 7.47. The molecule has 0 aromatic heterocycles. The molecule has 1 amide bonds. The van der Waals surface area contributed by atoms with E-state index in [0.29, 0.717) is 18.1 Å². The van der Waals surface area contributed by atoms with E-state index >= 15 is 0 Å². The molecule has 0 spiro atoms. The minimum atomic E-state index is -4.38. The molecule has 1 atom stereocenters. The van der Waals surface area contributed by atoms with Gasteiger partial charge in [-0.05, 0) is 45.4 Å². The van der Waals surface area contributed by atoms with Crippen molar-refractivity contribution in [3.8, 4) is 0 Å². The second-order valence-electron chi connectivity index (χ2n) is 6.65. The number of amides is 1. The summed E-state index contributed by atoms with van der Waals surface area (Å²) in [5.41, 5.74) is -0.890. The molecule has 0 heterocycles. The molecule has 0 aliphatic rings. The number of rotatable bonds is 6. The largest absolute Gasteiger partial charge is 0.416 e. The van der Waals surface area contributed by atoms with E-state index in [0.717, 1.165) is 12.1 Å². The van der Waals surface area contributed by atoms with Gasteiger partial charge in [0.05, 0.1) is 23.6 Å². The summed E-state index contributed by atoms with van der Waals surface area (Å²) in [6.45, 7) is 8.01. The second-order valence-corrected chi connectivity index (χ2v) is 6.65. The molecule has 0 saturated heterocycles. The Bertz CT molecular complexity index is 642. The molecule has 0 radical (unpaired) electrons. The van der Waals surface area contributed by atoms with Gasteiger partial charge in [-0.1, -0.05) is 12.1 Å². The standard InChI is InChI=1S/C18H27F3N4O/c1-6-23-16(24-11-17(3,4)15(26)22-5)25-12(2)13-8-7-9-14(10-13)18(19,20)21/h7-10,12H,6,11H2,1-5H3,(H,22,26)(H2,23,24,25). The number of hydrogen-bond acceptors (Lipinski definition) is 2. The number of hydrogen-bond donors (Lipinski definition) is 3. The van der Waals surface area contributed by atoms with Crippen molar-refractivity contribution in [2.45, 2.75) is 39.9 Å². The van der Waals surface area contributed by atoms with Crippen LogP contribution in [0, 0.1) is 5.41 Å². The van der Waals surface area contributed by atoms with Crippen molar-refractivity contribution in [1.82, 2.24) is 16.0 Å². The third kappa shape index (κ3) is 6.24. The molecule has 1 aromatic rings. The molecule has 1 unspecified atom stereocenters. The minimum absolute atomic E-state index is 0.136. The monoisotopic (exact) mass is 372 g/mol. The lowest BCUT2D eigenvalue weighted by Crippen LogP contribution is -2.41. The van der Waals surface area contributed by atoms with Crippen molar-refractivity contribution >= 4 is 11.9 Å². The Morgan fingerprint density at radius 1 is 1.27 bits per heavy atom. The van der Waals surface area contributed by atoms with Crippen molar-refractivity contribution in [2.75, 3.05) is 20.1 Å². The first-order valence-corrected chi connectivity index (χ1v) is 8.45. The molecule has 26 heavy (non-hydrogen) atoms. The smallest absolute Gasteiger partial charge is 0.359 e. The lowest BCUT2D eigenvalue weighted by Gasteiger charge is -2.23. The van der Waals surface area contributed by atoms with Crippen molar-refractivity contribution in [3.05, 3.63) is 35.4 Å². The quantitative estimate of drug-likeness (QED) is 0.531. The van der Waals surface area contributed by atoms with E-state index in [1.54, 1.807) is 33.9 Å². The summed E-state index contributed by atoms with van der Waals surface area (Å²) >= 11 is 0. The molecule has 0 aliphatic heterocycles. The van der Waals surface area contributed by atoms with Gasteiger partial charge in [0.1, 0.15) is 0 Å². The maximum absolute atomic E-state index is 12.9. The van der Waals surface area contributed by atoms with Gasteiger partial charge in [-0.3, -0.25) is 9.79 Å². The highest BCUT2D eigenvalue weighted by molar-refractivity contribution is 5.83. The topological polar surface area (TPSA) is 65.5 Å². The first-order valence-electron chi connectivity index (χ1n) is 8.45. The summed E-state index contributed by atoms with van der Waals surface area (Å²) in [4.78, 5) is 16.3. The number of carbonyl (C=O) groups excluding carboxylic acids is 1. The van der Waals surface area contributed by atoms with Gasteiger partial charge in [-0.2, -0.15) is 13.2 Å². The molecule has 0 fully saturated rings. The highest BCUT2D eigenvalue weighted by Crippen LogP contribution is 2.30. The molecule has 0 aliphatic carbocycles. The summed E-state index contributed by atoms with van der Waals surface area (Å²) in [5.74, 6) is 0.303. The van der Waals surface area contributed by atoms with Crippen LogP contribution in [0.3, 0.4) is 0 Å². The molecule has 0 saturated carbocycles. The molecule has 8 heteroatoms. The summed E-state index contributed by atoms with van der Waals surface area (Å²) in [7, 11) is 1.56. The van der Waals surface area contributed by atoms with E-state index in [-0.39, 0.29) is 12.5 Å². The molecule has 0 bridgehead atoms. The Labute approximate surface area is 152 Å². The Balaban J connectivity index is 2.93. The molecule has 1 aromatic carbocycles. The maximum Gasteiger partial charge on any atom is 0.416 e.